The molecule has 8 heteroatoms. The number of aromatic hydroxyl groups is 1. The fraction of sp³-hybridized carbons (Fsp3) is 0.474. The summed E-state index contributed by atoms with van der Waals surface area (Å²) in [5.41, 5.74) is -0.564. The van der Waals surface area contributed by atoms with Crippen LogP contribution in [-0.2, 0) is 0 Å². The lowest BCUT2D eigenvalue weighted by atomic mass is 10.1. The Morgan fingerprint density at radius 3 is 2.70 bits per heavy atom. The van der Waals surface area contributed by atoms with Crippen LogP contribution in [0.2, 0.25) is 0 Å². The summed E-state index contributed by atoms with van der Waals surface area (Å²) < 4.78 is 10.4. The second kappa shape index (κ2) is 7.87. The molecule has 1 aromatic carbocycles. The van der Waals surface area contributed by atoms with Crippen molar-refractivity contribution in [2.24, 2.45) is 0 Å². The van der Waals surface area contributed by atoms with Crippen molar-refractivity contribution in [2.75, 3.05) is 33.9 Å². The van der Waals surface area contributed by atoms with Gasteiger partial charge in [-0.15, -0.1) is 0 Å². The number of likely N-dealkylation sites (tertiary alicyclic amines) is 1. The lowest BCUT2D eigenvalue weighted by Gasteiger charge is -2.20. The molecule has 2 aromatic rings. The molecule has 1 aliphatic heterocycles. The molecule has 4 N–H and O–H groups in total. The van der Waals surface area contributed by atoms with Gasteiger partial charge in [-0.1, -0.05) is 0 Å². The van der Waals surface area contributed by atoms with Crippen LogP contribution in [0.3, 0.4) is 0 Å². The molecular formula is C19H26N3O5+. The number of rotatable bonds is 6. The highest BCUT2D eigenvalue weighted by molar-refractivity contribution is 6.02. The number of likely N-dealkylation sites (N-methyl/N-ethyl adjacent to an activating group) is 1. The first-order chi connectivity index (χ1) is 13.0. The Balaban J connectivity index is 1.91. The fourth-order valence-corrected chi connectivity index (χ4v) is 3.82. The summed E-state index contributed by atoms with van der Waals surface area (Å²) in [5.74, 6) is -0.126. The standard InChI is InChI=1S/C19H25N3O5/c1-4-22-7-5-6-11(22)10-20-18(24)16-17(23)12-8-14(26-2)15(27-3)9-13(12)21-19(16)25/h8-9,11H,4-7,10H2,1-3H3,(H,20,24)(H2,21,23,25)/p+1/t11-/m0/s1. The van der Waals surface area contributed by atoms with Crippen LogP contribution >= 0.6 is 0 Å². The minimum atomic E-state index is -0.643. The van der Waals surface area contributed by atoms with Gasteiger partial charge in [-0.3, -0.25) is 9.59 Å². The summed E-state index contributed by atoms with van der Waals surface area (Å²) in [4.78, 5) is 29.1. The molecule has 1 aromatic heterocycles. The molecule has 1 fully saturated rings. The molecule has 0 saturated carbocycles. The minimum absolute atomic E-state index is 0.286. The van der Waals surface area contributed by atoms with Crippen molar-refractivity contribution in [1.82, 2.24) is 10.3 Å². The zero-order chi connectivity index (χ0) is 19.6. The molecular weight excluding hydrogens is 350 g/mol. The van der Waals surface area contributed by atoms with Gasteiger partial charge in [0.15, 0.2) is 11.5 Å². The van der Waals surface area contributed by atoms with E-state index in [1.807, 2.05) is 0 Å². The number of pyridine rings is 1. The Morgan fingerprint density at radius 2 is 2.04 bits per heavy atom. The van der Waals surface area contributed by atoms with Crippen molar-refractivity contribution in [1.29, 1.82) is 0 Å². The van der Waals surface area contributed by atoms with Gasteiger partial charge in [0.2, 0.25) is 0 Å². The Morgan fingerprint density at radius 1 is 1.33 bits per heavy atom. The first-order valence-electron chi connectivity index (χ1n) is 9.13. The number of benzene rings is 1. The SMILES string of the molecule is CC[NH+]1CCC[C@H]1CNC(=O)c1c(O)c2cc(OC)c(OC)cc2[nH]c1=O. The van der Waals surface area contributed by atoms with Crippen LogP contribution in [0.15, 0.2) is 16.9 Å². The Kier molecular flexibility index (Phi) is 5.55. The van der Waals surface area contributed by atoms with Gasteiger partial charge in [-0.25, -0.2) is 0 Å². The molecule has 146 valence electrons. The van der Waals surface area contributed by atoms with Crippen molar-refractivity contribution in [3.05, 3.63) is 28.0 Å². The van der Waals surface area contributed by atoms with Crippen LogP contribution in [0.25, 0.3) is 10.9 Å². The van der Waals surface area contributed by atoms with E-state index >= 15 is 0 Å². The topological polar surface area (TPSA) is 105 Å². The number of aromatic amines is 1. The van der Waals surface area contributed by atoms with Gasteiger partial charge >= 0.3 is 0 Å². The minimum Gasteiger partial charge on any atom is -0.506 e. The Hall–Kier alpha value is -2.74. The van der Waals surface area contributed by atoms with Crippen molar-refractivity contribution in [3.63, 3.8) is 0 Å². The molecule has 0 spiro atoms. The molecule has 1 amide bonds. The number of amides is 1. The molecule has 2 atom stereocenters. The summed E-state index contributed by atoms with van der Waals surface area (Å²) >= 11 is 0. The highest BCUT2D eigenvalue weighted by Gasteiger charge is 2.28. The average molecular weight is 376 g/mol. The van der Waals surface area contributed by atoms with Crippen LogP contribution in [0.1, 0.15) is 30.1 Å². The van der Waals surface area contributed by atoms with E-state index in [9.17, 15) is 14.7 Å². The molecule has 1 saturated heterocycles. The van der Waals surface area contributed by atoms with E-state index in [2.05, 4.69) is 17.2 Å². The third-order valence-electron chi connectivity index (χ3n) is 5.31. The first kappa shape index (κ1) is 19.0. The molecule has 1 aliphatic rings. The number of quaternary nitrogens is 1. The smallest absolute Gasteiger partial charge is 0.265 e. The van der Waals surface area contributed by atoms with Crippen LogP contribution < -0.4 is 25.2 Å². The van der Waals surface area contributed by atoms with E-state index < -0.39 is 11.5 Å². The molecule has 27 heavy (non-hydrogen) atoms. The number of aromatic nitrogens is 1. The number of ether oxygens (including phenoxy) is 2. The molecule has 8 nitrogen and oxygen atoms in total. The van der Waals surface area contributed by atoms with Gasteiger partial charge in [0.25, 0.3) is 11.5 Å². The first-order valence-corrected chi connectivity index (χ1v) is 9.13. The number of methoxy groups -OCH3 is 2. The van der Waals surface area contributed by atoms with E-state index in [4.69, 9.17) is 9.47 Å². The molecule has 2 heterocycles. The van der Waals surface area contributed by atoms with Gasteiger partial charge in [0, 0.05) is 24.3 Å². The van der Waals surface area contributed by atoms with Crippen LogP contribution in [0.4, 0.5) is 0 Å². The predicted octanol–water partition coefficient (Wildman–Crippen LogP) is 0.0479. The number of carbonyl (C=O) groups is 1. The monoisotopic (exact) mass is 376 g/mol. The zero-order valence-electron chi connectivity index (χ0n) is 15.8. The summed E-state index contributed by atoms with van der Waals surface area (Å²) in [5, 5.41) is 13.7. The lowest BCUT2D eigenvalue weighted by Crippen LogP contribution is -3.14. The second-order valence-corrected chi connectivity index (χ2v) is 6.74. The van der Waals surface area contributed by atoms with Gasteiger partial charge in [-0.05, 0) is 13.0 Å². The van der Waals surface area contributed by atoms with Crippen molar-refractivity contribution >= 4 is 16.8 Å². The number of hydrogen-bond acceptors (Lipinski definition) is 5. The van der Waals surface area contributed by atoms with Crippen molar-refractivity contribution in [2.45, 2.75) is 25.8 Å². The summed E-state index contributed by atoms with van der Waals surface area (Å²) in [6.07, 6.45) is 2.17. The largest absolute Gasteiger partial charge is 0.506 e. The maximum atomic E-state index is 12.6. The number of fused-ring (bicyclic) bond motifs is 1. The van der Waals surface area contributed by atoms with Gasteiger partial charge in [0.05, 0.1) is 39.4 Å². The van der Waals surface area contributed by atoms with Gasteiger partial charge in [0.1, 0.15) is 17.4 Å². The maximum Gasteiger partial charge on any atom is 0.265 e. The van der Waals surface area contributed by atoms with Crippen LogP contribution in [0.5, 0.6) is 17.2 Å². The number of carbonyl (C=O) groups excluding carboxylic acids is 1. The molecule has 0 radical (unpaired) electrons. The average Bonchev–Trinajstić information content (AvgIpc) is 3.13. The summed E-state index contributed by atoms with van der Waals surface area (Å²) in [6, 6.07) is 3.43. The van der Waals surface area contributed by atoms with E-state index in [1.165, 1.54) is 25.2 Å². The highest BCUT2D eigenvalue weighted by Crippen LogP contribution is 2.35. The Labute approximate surface area is 157 Å². The fourth-order valence-electron chi connectivity index (χ4n) is 3.82. The quantitative estimate of drug-likeness (QED) is 0.570. The van der Waals surface area contributed by atoms with Gasteiger partial charge in [-0.2, -0.15) is 0 Å². The predicted molar refractivity (Wildman–Crippen MR) is 101 cm³/mol. The number of nitrogens with one attached hydrogen (secondary N) is 3. The third-order valence-corrected chi connectivity index (χ3v) is 5.31. The molecule has 0 aliphatic carbocycles. The summed E-state index contributed by atoms with van der Waals surface area (Å²) in [6.45, 7) is 4.70. The van der Waals surface area contributed by atoms with E-state index in [0.29, 0.717) is 35.0 Å². The zero-order valence-corrected chi connectivity index (χ0v) is 15.8. The normalized spacial score (nSPS) is 19.2. The van der Waals surface area contributed by atoms with E-state index in [-0.39, 0.29) is 11.3 Å². The summed E-state index contributed by atoms with van der Waals surface area (Å²) in [7, 11) is 2.96. The molecule has 0 bridgehead atoms. The lowest BCUT2D eigenvalue weighted by molar-refractivity contribution is -0.909. The van der Waals surface area contributed by atoms with Gasteiger partial charge < -0.3 is 29.8 Å². The third kappa shape index (κ3) is 3.57. The number of H-pyrrole nitrogens is 1. The van der Waals surface area contributed by atoms with Crippen molar-refractivity contribution in [3.8, 4) is 17.2 Å². The van der Waals surface area contributed by atoms with Crippen molar-refractivity contribution < 1.29 is 24.3 Å². The molecule has 1 unspecified atom stereocenters. The maximum absolute atomic E-state index is 12.6. The Bertz CT molecular complexity index is 908. The highest BCUT2D eigenvalue weighted by atomic mass is 16.5. The van der Waals surface area contributed by atoms with Crippen LogP contribution in [0, 0.1) is 0 Å². The van der Waals surface area contributed by atoms with Crippen LogP contribution in [-0.4, -0.2) is 55.9 Å². The molecule has 3 rings (SSSR count). The van der Waals surface area contributed by atoms with E-state index in [1.54, 1.807) is 6.07 Å². The number of hydrogen-bond donors (Lipinski definition) is 4. The second-order valence-electron chi connectivity index (χ2n) is 6.74. The van der Waals surface area contributed by atoms with E-state index in [0.717, 1.165) is 25.9 Å².